The van der Waals surface area contributed by atoms with Gasteiger partial charge in [0, 0.05) is 11.3 Å². The lowest BCUT2D eigenvalue weighted by atomic mass is 10.1. The molecule has 0 heterocycles. The molecular weight excluding hydrogens is 436 g/mol. The van der Waals surface area contributed by atoms with Gasteiger partial charge in [0.2, 0.25) is 15.9 Å². The smallest absolute Gasteiger partial charge is 0.242 e. The van der Waals surface area contributed by atoms with Crippen molar-refractivity contribution in [3.05, 3.63) is 94.5 Å². The summed E-state index contributed by atoms with van der Waals surface area (Å²) in [6.45, 7) is 6.84. The van der Waals surface area contributed by atoms with Gasteiger partial charge in [-0.2, -0.15) is 4.72 Å². The van der Waals surface area contributed by atoms with Crippen LogP contribution in [0.2, 0.25) is 0 Å². The molecule has 172 valence electrons. The quantitative estimate of drug-likeness (QED) is 0.485. The highest BCUT2D eigenvalue weighted by Gasteiger charge is 2.28. The van der Waals surface area contributed by atoms with Crippen LogP contribution in [0.3, 0.4) is 0 Å². The van der Waals surface area contributed by atoms with Crippen LogP contribution in [-0.2, 0) is 21.2 Å². The Bertz CT molecular complexity index is 1260. The number of aryl methyl sites for hydroxylation is 3. The molecule has 0 unspecified atom stereocenters. The first kappa shape index (κ1) is 24.4. The highest BCUT2D eigenvalue weighted by molar-refractivity contribution is 7.89. The Balaban J connectivity index is 1.94. The Labute approximate surface area is 195 Å². The highest BCUT2D eigenvalue weighted by atomic mass is 32.2. The van der Waals surface area contributed by atoms with Crippen molar-refractivity contribution in [2.75, 3.05) is 5.32 Å². The fourth-order valence-corrected chi connectivity index (χ4v) is 5.57. The second-order valence-corrected chi connectivity index (χ2v) is 9.87. The standard InChI is InChI=1S/C26H28N2O4S/c1-17-13-18(2)25(19(3)14-17)33(31,32)28-24(15-21-9-6-5-7-10-21)26(30)27-23-12-8-11-22(16-23)20(4)29/h5-14,16,24,28H,15H2,1-4H3,(H,27,30)/t24-/m0/s1. The summed E-state index contributed by atoms with van der Waals surface area (Å²) in [5.41, 5.74) is 3.90. The van der Waals surface area contributed by atoms with Gasteiger partial charge < -0.3 is 5.32 Å². The molecule has 0 spiro atoms. The molecule has 2 N–H and O–H groups in total. The van der Waals surface area contributed by atoms with Crippen molar-refractivity contribution in [3.63, 3.8) is 0 Å². The van der Waals surface area contributed by atoms with Gasteiger partial charge in [0.15, 0.2) is 5.78 Å². The lowest BCUT2D eigenvalue weighted by Crippen LogP contribution is -2.45. The zero-order valence-corrected chi connectivity index (χ0v) is 20.0. The summed E-state index contributed by atoms with van der Waals surface area (Å²) in [6, 6.07) is 18.3. The van der Waals surface area contributed by atoms with Crippen molar-refractivity contribution in [1.82, 2.24) is 4.72 Å². The molecule has 0 fully saturated rings. The normalized spacial score (nSPS) is 12.2. The predicted molar refractivity (Wildman–Crippen MR) is 130 cm³/mol. The minimum absolute atomic E-state index is 0.127. The number of hydrogen-bond acceptors (Lipinski definition) is 4. The van der Waals surface area contributed by atoms with E-state index in [1.807, 2.05) is 37.3 Å². The topological polar surface area (TPSA) is 92.3 Å². The molecule has 0 aromatic heterocycles. The lowest BCUT2D eigenvalue weighted by Gasteiger charge is -2.21. The number of sulfonamides is 1. The molecule has 3 aromatic carbocycles. The van der Waals surface area contributed by atoms with Gasteiger partial charge in [0.05, 0.1) is 4.90 Å². The summed E-state index contributed by atoms with van der Waals surface area (Å²) >= 11 is 0. The van der Waals surface area contributed by atoms with Crippen LogP contribution in [0, 0.1) is 20.8 Å². The van der Waals surface area contributed by atoms with E-state index in [4.69, 9.17) is 0 Å². The summed E-state index contributed by atoms with van der Waals surface area (Å²) in [5.74, 6) is -0.636. The van der Waals surface area contributed by atoms with E-state index in [0.29, 0.717) is 22.4 Å². The number of hydrogen-bond donors (Lipinski definition) is 2. The maximum atomic E-state index is 13.4. The van der Waals surface area contributed by atoms with E-state index in [-0.39, 0.29) is 17.1 Å². The van der Waals surface area contributed by atoms with Gasteiger partial charge in [-0.1, -0.05) is 60.2 Å². The zero-order valence-electron chi connectivity index (χ0n) is 19.2. The number of benzene rings is 3. The first-order valence-electron chi connectivity index (χ1n) is 10.6. The molecular formula is C26H28N2O4S. The molecule has 0 aliphatic carbocycles. The predicted octanol–water partition coefficient (Wildman–Crippen LogP) is 4.34. The van der Waals surface area contributed by atoms with Crippen LogP contribution < -0.4 is 10.0 Å². The number of Topliss-reactive ketones (excluding diaryl/α,β-unsaturated/α-hetero) is 1. The molecule has 0 bridgehead atoms. The van der Waals surface area contributed by atoms with Crippen LogP contribution in [0.5, 0.6) is 0 Å². The van der Waals surface area contributed by atoms with E-state index in [9.17, 15) is 18.0 Å². The summed E-state index contributed by atoms with van der Waals surface area (Å²) in [5, 5.41) is 2.75. The molecule has 0 aliphatic rings. The summed E-state index contributed by atoms with van der Waals surface area (Å²) in [4.78, 5) is 25.1. The molecule has 7 heteroatoms. The zero-order chi connectivity index (χ0) is 24.2. The number of anilines is 1. The van der Waals surface area contributed by atoms with Crippen molar-refractivity contribution < 1.29 is 18.0 Å². The van der Waals surface area contributed by atoms with Crippen LogP contribution in [0.1, 0.15) is 39.5 Å². The van der Waals surface area contributed by atoms with Crippen molar-refractivity contribution >= 4 is 27.4 Å². The number of nitrogens with one attached hydrogen (secondary N) is 2. The van der Waals surface area contributed by atoms with Crippen molar-refractivity contribution in [1.29, 1.82) is 0 Å². The number of ketones is 1. The van der Waals surface area contributed by atoms with Crippen molar-refractivity contribution in [3.8, 4) is 0 Å². The summed E-state index contributed by atoms with van der Waals surface area (Å²) in [6.07, 6.45) is 0.169. The lowest BCUT2D eigenvalue weighted by molar-refractivity contribution is -0.117. The molecule has 1 amide bonds. The minimum Gasteiger partial charge on any atom is -0.325 e. The number of carbonyl (C=O) groups excluding carboxylic acids is 2. The van der Waals surface area contributed by atoms with E-state index in [2.05, 4.69) is 10.0 Å². The van der Waals surface area contributed by atoms with E-state index in [0.717, 1.165) is 11.1 Å². The Morgan fingerprint density at radius 1 is 0.879 bits per heavy atom. The van der Waals surface area contributed by atoms with Gasteiger partial charge >= 0.3 is 0 Å². The van der Waals surface area contributed by atoms with Gasteiger partial charge in [-0.05, 0) is 62.9 Å². The molecule has 0 saturated heterocycles. The third-order valence-corrected chi connectivity index (χ3v) is 7.08. The van der Waals surface area contributed by atoms with Crippen molar-refractivity contribution in [2.24, 2.45) is 0 Å². The van der Waals surface area contributed by atoms with Crippen molar-refractivity contribution in [2.45, 2.75) is 45.1 Å². The Hall–Kier alpha value is -3.29. The fourth-order valence-electron chi connectivity index (χ4n) is 3.92. The van der Waals surface area contributed by atoms with Crippen LogP contribution >= 0.6 is 0 Å². The first-order chi connectivity index (χ1) is 15.6. The molecule has 3 rings (SSSR count). The van der Waals surface area contributed by atoms with Gasteiger partial charge in [-0.25, -0.2) is 8.42 Å². The largest absolute Gasteiger partial charge is 0.325 e. The first-order valence-corrected chi connectivity index (χ1v) is 12.1. The molecule has 3 aromatic rings. The van der Waals surface area contributed by atoms with Gasteiger partial charge in [0.1, 0.15) is 6.04 Å². The monoisotopic (exact) mass is 464 g/mol. The maximum Gasteiger partial charge on any atom is 0.242 e. The summed E-state index contributed by atoms with van der Waals surface area (Å²) in [7, 11) is -3.98. The number of amides is 1. The second kappa shape index (κ2) is 10.1. The average molecular weight is 465 g/mol. The third-order valence-electron chi connectivity index (χ3n) is 5.31. The molecule has 0 aliphatic heterocycles. The molecule has 1 atom stereocenters. The fraction of sp³-hybridized carbons (Fsp3) is 0.231. The Kier molecular flexibility index (Phi) is 7.46. The Morgan fingerprint density at radius 3 is 2.12 bits per heavy atom. The molecule has 33 heavy (non-hydrogen) atoms. The average Bonchev–Trinajstić information content (AvgIpc) is 2.73. The SMILES string of the molecule is CC(=O)c1cccc(NC(=O)[C@H](Cc2ccccc2)NS(=O)(=O)c2c(C)cc(C)cc2C)c1. The number of rotatable bonds is 8. The Morgan fingerprint density at radius 2 is 1.52 bits per heavy atom. The minimum atomic E-state index is -3.98. The van der Waals surface area contributed by atoms with Crippen LogP contribution in [0.15, 0.2) is 71.6 Å². The molecule has 0 saturated carbocycles. The molecule has 0 radical (unpaired) electrons. The highest BCUT2D eigenvalue weighted by Crippen LogP contribution is 2.22. The third kappa shape index (κ3) is 6.15. The van der Waals surface area contributed by atoms with Crippen LogP contribution in [0.4, 0.5) is 5.69 Å². The van der Waals surface area contributed by atoms with Crippen LogP contribution in [0.25, 0.3) is 0 Å². The van der Waals surface area contributed by atoms with E-state index < -0.39 is 22.0 Å². The van der Waals surface area contributed by atoms with Crippen LogP contribution in [-0.4, -0.2) is 26.2 Å². The number of carbonyl (C=O) groups is 2. The maximum absolute atomic E-state index is 13.4. The second-order valence-electron chi connectivity index (χ2n) is 8.22. The van der Waals surface area contributed by atoms with E-state index in [1.54, 1.807) is 50.2 Å². The van der Waals surface area contributed by atoms with Gasteiger partial charge in [0.25, 0.3) is 0 Å². The summed E-state index contributed by atoms with van der Waals surface area (Å²) < 4.78 is 29.3. The molecule has 6 nitrogen and oxygen atoms in total. The van der Waals surface area contributed by atoms with E-state index >= 15 is 0 Å². The van der Waals surface area contributed by atoms with Gasteiger partial charge in [-0.3, -0.25) is 9.59 Å². The van der Waals surface area contributed by atoms with Gasteiger partial charge in [-0.15, -0.1) is 0 Å². The van der Waals surface area contributed by atoms with E-state index in [1.165, 1.54) is 6.92 Å².